The Kier molecular flexibility index (Phi) is 7.24. The van der Waals surface area contributed by atoms with E-state index in [-0.39, 0.29) is 35.9 Å². The molecule has 9 nitrogen and oxygen atoms in total. The Hall–Kier alpha value is -3.55. The number of ether oxygens (including phenoxy) is 1. The molecule has 0 unspecified atom stereocenters. The number of fused-ring (bicyclic) bond motifs is 1. The molecule has 36 heavy (non-hydrogen) atoms. The first-order chi connectivity index (χ1) is 17.0. The highest BCUT2D eigenvalue weighted by atomic mass is 19.4. The molecule has 1 aliphatic rings. The van der Waals surface area contributed by atoms with Crippen LogP contribution in [0.2, 0.25) is 0 Å². The summed E-state index contributed by atoms with van der Waals surface area (Å²) in [6, 6.07) is 3.95. The predicted octanol–water partition coefficient (Wildman–Crippen LogP) is 3.56. The topological polar surface area (TPSA) is 103 Å². The highest BCUT2D eigenvalue weighted by molar-refractivity contribution is 5.87. The molecule has 0 spiro atoms. The monoisotopic (exact) mass is 514 g/mol. The van der Waals surface area contributed by atoms with Gasteiger partial charge in [0, 0.05) is 18.8 Å². The second-order valence-corrected chi connectivity index (χ2v) is 8.50. The normalized spacial score (nSPS) is 18.5. The van der Waals surface area contributed by atoms with E-state index < -0.39 is 35.9 Å². The van der Waals surface area contributed by atoms with Crippen molar-refractivity contribution in [2.75, 3.05) is 5.32 Å². The van der Waals surface area contributed by atoms with Crippen LogP contribution in [0.15, 0.2) is 35.4 Å². The highest BCUT2D eigenvalue weighted by Gasteiger charge is 2.30. The van der Waals surface area contributed by atoms with Crippen molar-refractivity contribution >= 4 is 28.4 Å². The Balaban J connectivity index is 1.46. The average molecular weight is 514 g/mol. The summed E-state index contributed by atoms with van der Waals surface area (Å²) in [6.07, 6.45) is -1.96. The summed E-state index contributed by atoms with van der Waals surface area (Å²) in [4.78, 5) is 29.7. The second kappa shape index (κ2) is 10.2. The van der Waals surface area contributed by atoms with Crippen LogP contribution in [0.4, 0.5) is 33.5 Å². The van der Waals surface area contributed by atoms with Gasteiger partial charge in [-0.25, -0.2) is 4.98 Å². The molecular formula is C22H23F5N6O3. The molecular weight excluding hydrogens is 491 g/mol. The van der Waals surface area contributed by atoms with E-state index in [0.29, 0.717) is 24.9 Å². The number of benzene rings is 1. The number of nitrogens with zero attached hydrogens (tertiary/aromatic N) is 4. The Morgan fingerprint density at radius 1 is 1.22 bits per heavy atom. The van der Waals surface area contributed by atoms with Gasteiger partial charge in [0.1, 0.15) is 12.1 Å². The smallest absolute Gasteiger partial charge is 0.352 e. The lowest BCUT2D eigenvalue weighted by Gasteiger charge is -2.29. The van der Waals surface area contributed by atoms with Crippen molar-refractivity contribution in [3.63, 3.8) is 0 Å². The van der Waals surface area contributed by atoms with Crippen LogP contribution < -0.4 is 16.2 Å². The number of halogens is 5. The lowest BCUT2D eigenvalue weighted by atomic mass is 9.93. The van der Waals surface area contributed by atoms with Crippen molar-refractivity contribution < 1.29 is 31.5 Å². The van der Waals surface area contributed by atoms with E-state index in [2.05, 4.69) is 25.5 Å². The molecule has 1 saturated carbocycles. The molecule has 2 atom stereocenters. The summed E-state index contributed by atoms with van der Waals surface area (Å²) in [6.45, 7) is -3.22. The fraction of sp³-hybridized carbons (Fsp3) is 0.455. The summed E-state index contributed by atoms with van der Waals surface area (Å²) in [7, 11) is 1.50. The van der Waals surface area contributed by atoms with E-state index in [1.807, 2.05) is 0 Å². The van der Waals surface area contributed by atoms with Crippen LogP contribution in [0, 0.1) is 0 Å². The molecule has 14 heteroatoms. The molecule has 1 amide bonds. The van der Waals surface area contributed by atoms with Gasteiger partial charge < -0.3 is 15.4 Å². The van der Waals surface area contributed by atoms with Crippen LogP contribution in [-0.2, 0) is 29.3 Å². The van der Waals surface area contributed by atoms with Gasteiger partial charge in [0.05, 0.1) is 18.0 Å². The number of hydrogen-bond donors (Lipinski definition) is 2. The SMILES string of the molecule is Cn1nc(Nc2ccc(C(F)(F)F)cc2)c2ncn(CC(=O)N[C@H]3CCC[C@@H](OC(F)F)C3)c(=O)c21. The number of aromatic nitrogens is 4. The third-order valence-electron chi connectivity index (χ3n) is 5.89. The Labute approximate surface area is 201 Å². The van der Waals surface area contributed by atoms with Gasteiger partial charge in [-0.2, -0.15) is 27.1 Å². The van der Waals surface area contributed by atoms with E-state index >= 15 is 0 Å². The molecule has 2 heterocycles. The molecule has 0 aliphatic heterocycles. The van der Waals surface area contributed by atoms with Gasteiger partial charge in [-0.3, -0.25) is 18.8 Å². The maximum atomic E-state index is 13.0. The van der Waals surface area contributed by atoms with Crippen molar-refractivity contribution in [3.8, 4) is 0 Å². The first-order valence-electron chi connectivity index (χ1n) is 11.1. The minimum Gasteiger partial charge on any atom is -0.352 e. The molecule has 0 bridgehead atoms. The number of aryl methyl sites for hydroxylation is 1. The summed E-state index contributed by atoms with van der Waals surface area (Å²) in [5.74, 6) is -0.320. The molecule has 1 aliphatic carbocycles. The number of rotatable bonds is 7. The average Bonchev–Trinajstić information content (AvgIpc) is 3.10. The quantitative estimate of drug-likeness (QED) is 0.468. The van der Waals surface area contributed by atoms with Crippen LogP contribution in [0.25, 0.3) is 11.0 Å². The van der Waals surface area contributed by atoms with Crippen LogP contribution >= 0.6 is 0 Å². The standard InChI is InChI=1S/C22H23F5N6O3/c1-32-18-17(19(31-32)30-13-7-5-12(6-8-13)22(25,26)27)28-11-33(20(18)35)10-16(34)29-14-3-2-4-15(9-14)36-21(23)24/h5-8,11,14-15,21H,2-4,9-10H2,1H3,(H,29,34)(H,30,31)/t14-,15+/m0/s1. The van der Waals surface area contributed by atoms with E-state index in [9.17, 15) is 31.5 Å². The van der Waals surface area contributed by atoms with Crippen molar-refractivity contribution in [3.05, 3.63) is 46.5 Å². The second-order valence-electron chi connectivity index (χ2n) is 8.50. The van der Waals surface area contributed by atoms with Gasteiger partial charge >= 0.3 is 12.8 Å². The fourth-order valence-electron chi connectivity index (χ4n) is 4.24. The van der Waals surface area contributed by atoms with Crippen molar-refractivity contribution in [2.45, 2.75) is 57.2 Å². The van der Waals surface area contributed by atoms with Gasteiger partial charge in [0.25, 0.3) is 5.56 Å². The zero-order valence-corrected chi connectivity index (χ0v) is 19.1. The van der Waals surface area contributed by atoms with E-state index in [0.717, 1.165) is 16.7 Å². The van der Waals surface area contributed by atoms with Gasteiger partial charge in [-0.1, -0.05) is 0 Å². The maximum Gasteiger partial charge on any atom is 0.416 e. The molecule has 1 aromatic carbocycles. The first kappa shape index (κ1) is 25.5. The number of carbonyl (C=O) groups is 1. The zero-order chi connectivity index (χ0) is 26.0. The highest BCUT2D eigenvalue weighted by Crippen LogP contribution is 2.31. The molecule has 0 saturated heterocycles. The third kappa shape index (κ3) is 5.80. The summed E-state index contributed by atoms with van der Waals surface area (Å²) in [5, 5.41) is 9.79. The zero-order valence-electron chi connectivity index (χ0n) is 19.1. The molecule has 1 fully saturated rings. The molecule has 4 rings (SSSR count). The van der Waals surface area contributed by atoms with Crippen molar-refractivity contribution in [2.24, 2.45) is 7.05 Å². The van der Waals surface area contributed by atoms with Gasteiger partial charge in [-0.15, -0.1) is 0 Å². The number of carbonyl (C=O) groups excluding carboxylic acids is 1. The van der Waals surface area contributed by atoms with Gasteiger partial charge in [0.15, 0.2) is 11.3 Å². The first-order valence-corrected chi connectivity index (χ1v) is 11.1. The Morgan fingerprint density at radius 2 is 1.94 bits per heavy atom. The van der Waals surface area contributed by atoms with Crippen LogP contribution in [-0.4, -0.2) is 44.0 Å². The van der Waals surface area contributed by atoms with E-state index in [1.165, 1.54) is 30.2 Å². The van der Waals surface area contributed by atoms with E-state index in [4.69, 9.17) is 0 Å². The van der Waals surface area contributed by atoms with Crippen molar-refractivity contribution in [1.29, 1.82) is 0 Å². The van der Waals surface area contributed by atoms with Gasteiger partial charge in [-0.05, 0) is 49.9 Å². The lowest BCUT2D eigenvalue weighted by molar-refractivity contribution is -0.171. The molecule has 2 N–H and O–H groups in total. The molecule has 194 valence electrons. The van der Waals surface area contributed by atoms with Crippen LogP contribution in [0.3, 0.4) is 0 Å². The fourth-order valence-corrected chi connectivity index (χ4v) is 4.24. The summed E-state index contributed by atoms with van der Waals surface area (Å²) >= 11 is 0. The van der Waals surface area contributed by atoms with Crippen molar-refractivity contribution in [1.82, 2.24) is 24.6 Å². The summed E-state index contributed by atoms with van der Waals surface area (Å²) in [5.41, 5.74) is -0.771. The molecule has 3 aromatic rings. The molecule has 0 radical (unpaired) electrons. The van der Waals surface area contributed by atoms with Crippen LogP contribution in [0.1, 0.15) is 31.2 Å². The van der Waals surface area contributed by atoms with Crippen LogP contribution in [0.5, 0.6) is 0 Å². The lowest BCUT2D eigenvalue weighted by Crippen LogP contribution is -2.43. The Morgan fingerprint density at radius 3 is 2.61 bits per heavy atom. The number of nitrogens with one attached hydrogen (secondary N) is 2. The number of anilines is 2. The number of alkyl halides is 5. The third-order valence-corrected chi connectivity index (χ3v) is 5.89. The predicted molar refractivity (Wildman–Crippen MR) is 119 cm³/mol. The number of hydrogen-bond acceptors (Lipinski definition) is 6. The minimum atomic E-state index is -4.46. The summed E-state index contributed by atoms with van der Waals surface area (Å²) < 4.78 is 70.2. The largest absolute Gasteiger partial charge is 0.416 e. The molecule has 2 aromatic heterocycles. The Bertz CT molecular complexity index is 1290. The maximum absolute atomic E-state index is 13.0. The van der Waals surface area contributed by atoms with Gasteiger partial charge in [0.2, 0.25) is 5.91 Å². The van der Waals surface area contributed by atoms with E-state index in [1.54, 1.807) is 0 Å². The minimum absolute atomic E-state index is 0.0859. The number of amides is 1.